The first-order valence-electron chi connectivity index (χ1n) is 5.90. The predicted octanol–water partition coefficient (Wildman–Crippen LogP) is 0.699. The number of nitrogens with two attached hydrogens (primary N) is 1. The lowest BCUT2D eigenvalue weighted by molar-refractivity contribution is -0.136. The zero-order valence-corrected chi connectivity index (χ0v) is 11.3. The molecule has 20 heavy (non-hydrogen) atoms. The van der Waals surface area contributed by atoms with E-state index in [1.165, 1.54) is 13.8 Å². The van der Waals surface area contributed by atoms with Gasteiger partial charge in [-0.1, -0.05) is 12.1 Å². The molecule has 0 bridgehead atoms. The van der Waals surface area contributed by atoms with Gasteiger partial charge < -0.3 is 21.5 Å². The number of hydrogen-bond donors (Lipinski definition) is 4. The summed E-state index contributed by atoms with van der Waals surface area (Å²) in [4.78, 5) is 33.3. The first-order chi connectivity index (χ1) is 9.20. The van der Waals surface area contributed by atoms with E-state index in [-0.39, 0.29) is 6.42 Å². The van der Waals surface area contributed by atoms with Gasteiger partial charge in [0.05, 0.1) is 6.42 Å². The lowest BCUT2D eigenvalue weighted by Crippen LogP contribution is -2.54. The van der Waals surface area contributed by atoms with Crippen LogP contribution < -0.4 is 16.4 Å². The minimum atomic E-state index is -1.16. The highest BCUT2D eigenvalue weighted by molar-refractivity contribution is 5.95. The molecule has 0 spiro atoms. The van der Waals surface area contributed by atoms with Gasteiger partial charge in [0.1, 0.15) is 5.54 Å². The van der Waals surface area contributed by atoms with Crippen molar-refractivity contribution < 1.29 is 19.5 Å². The number of hydrogen-bond acceptors (Lipinski definition) is 3. The van der Waals surface area contributed by atoms with Gasteiger partial charge in [-0.2, -0.15) is 0 Å². The van der Waals surface area contributed by atoms with E-state index in [4.69, 9.17) is 10.8 Å². The molecule has 5 N–H and O–H groups in total. The smallest absolute Gasteiger partial charge is 0.320 e. The van der Waals surface area contributed by atoms with Gasteiger partial charge in [0.2, 0.25) is 5.91 Å². The number of aliphatic carboxylic acids is 1. The van der Waals surface area contributed by atoms with Crippen molar-refractivity contribution in [2.24, 2.45) is 5.73 Å². The first kappa shape index (κ1) is 15.5. The fraction of sp³-hybridized carbons (Fsp3) is 0.308. The quantitative estimate of drug-likeness (QED) is 0.633. The van der Waals surface area contributed by atoms with Crippen molar-refractivity contribution in [1.29, 1.82) is 0 Å². The zero-order valence-electron chi connectivity index (χ0n) is 11.3. The van der Waals surface area contributed by atoms with Gasteiger partial charge in [-0.05, 0) is 31.5 Å². The third kappa shape index (κ3) is 4.60. The largest absolute Gasteiger partial charge is 0.481 e. The summed E-state index contributed by atoms with van der Waals surface area (Å²) in [6, 6.07) is 5.79. The summed E-state index contributed by atoms with van der Waals surface area (Å²) in [5.74, 6) is -1.57. The van der Waals surface area contributed by atoms with Crippen molar-refractivity contribution in [2.45, 2.75) is 25.8 Å². The molecule has 1 aromatic rings. The Balaban J connectivity index is 2.63. The number of carbonyl (C=O) groups excluding carboxylic acids is 2. The molecular weight excluding hydrogens is 262 g/mol. The van der Waals surface area contributed by atoms with Gasteiger partial charge in [0, 0.05) is 5.69 Å². The predicted molar refractivity (Wildman–Crippen MR) is 73.2 cm³/mol. The summed E-state index contributed by atoms with van der Waals surface area (Å²) in [5, 5.41) is 13.6. The second-order valence-corrected chi connectivity index (χ2v) is 4.84. The summed E-state index contributed by atoms with van der Waals surface area (Å²) in [7, 11) is 0. The Morgan fingerprint density at radius 2 is 1.75 bits per heavy atom. The van der Waals surface area contributed by atoms with Crippen LogP contribution in [0.3, 0.4) is 0 Å². The summed E-state index contributed by atoms with van der Waals surface area (Å²) >= 11 is 0. The van der Waals surface area contributed by atoms with Crippen LogP contribution in [0.25, 0.3) is 0 Å². The van der Waals surface area contributed by atoms with Crippen LogP contribution in [0.4, 0.5) is 10.5 Å². The number of amides is 3. The number of urea groups is 1. The number of carboxylic acid groups (broad SMARTS) is 1. The van der Waals surface area contributed by atoms with E-state index in [1.54, 1.807) is 24.3 Å². The average Bonchev–Trinajstić information content (AvgIpc) is 2.30. The van der Waals surface area contributed by atoms with Crippen LogP contribution in [-0.4, -0.2) is 28.6 Å². The van der Waals surface area contributed by atoms with Gasteiger partial charge in [-0.25, -0.2) is 4.79 Å². The minimum absolute atomic E-state index is 0.0822. The normalized spacial score (nSPS) is 10.7. The fourth-order valence-electron chi connectivity index (χ4n) is 1.39. The van der Waals surface area contributed by atoms with Crippen LogP contribution in [0.1, 0.15) is 19.4 Å². The molecule has 0 aromatic heterocycles. The SMILES string of the molecule is CC(C)(NC(=O)Nc1ccc(CC(=O)O)cc1)C(N)=O. The number of carboxylic acids is 1. The van der Waals surface area contributed by atoms with E-state index in [9.17, 15) is 14.4 Å². The fourth-order valence-corrected chi connectivity index (χ4v) is 1.39. The molecule has 3 amide bonds. The number of anilines is 1. The molecule has 0 aliphatic heterocycles. The number of nitrogens with one attached hydrogen (secondary N) is 2. The molecule has 7 heteroatoms. The third-order valence-electron chi connectivity index (χ3n) is 2.61. The van der Waals surface area contributed by atoms with Gasteiger partial charge in [-0.15, -0.1) is 0 Å². The van der Waals surface area contributed by atoms with E-state index in [2.05, 4.69) is 10.6 Å². The second kappa shape index (κ2) is 6.05. The third-order valence-corrected chi connectivity index (χ3v) is 2.61. The molecule has 1 aromatic carbocycles. The molecule has 0 saturated carbocycles. The van der Waals surface area contributed by atoms with Crippen molar-refractivity contribution in [3.05, 3.63) is 29.8 Å². The Hall–Kier alpha value is -2.57. The highest BCUT2D eigenvalue weighted by Crippen LogP contribution is 2.10. The van der Waals surface area contributed by atoms with Crippen LogP contribution in [0.15, 0.2) is 24.3 Å². The van der Waals surface area contributed by atoms with Crippen LogP contribution in [0.2, 0.25) is 0 Å². The van der Waals surface area contributed by atoms with Gasteiger partial charge in [0.15, 0.2) is 0 Å². The van der Waals surface area contributed by atoms with Crippen molar-refractivity contribution in [2.75, 3.05) is 5.32 Å². The van der Waals surface area contributed by atoms with Crippen molar-refractivity contribution in [3.8, 4) is 0 Å². The molecule has 0 fully saturated rings. The maximum Gasteiger partial charge on any atom is 0.320 e. The maximum absolute atomic E-state index is 11.7. The summed E-state index contributed by atoms with van der Waals surface area (Å²) in [6.07, 6.45) is -0.0822. The van der Waals surface area contributed by atoms with E-state index >= 15 is 0 Å². The highest BCUT2D eigenvalue weighted by atomic mass is 16.4. The topological polar surface area (TPSA) is 122 Å². The minimum Gasteiger partial charge on any atom is -0.481 e. The molecule has 1 rings (SSSR count). The van der Waals surface area contributed by atoms with Crippen molar-refractivity contribution in [1.82, 2.24) is 5.32 Å². The zero-order chi connectivity index (χ0) is 15.3. The molecular formula is C13H17N3O4. The van der Waals surface area contributed by atoms with E-state index in [0.29, 0.717) is 11.3 Å². The number of rotatable bonds is 5. The highest BCUT2D eigenvalue weighted by Gasteiger charge is 2.26. The molecule has 7 nitrogen and oxygen atoms in total. The Bertz CT molecular complexity index is 523. The van der Waals surface area contributed by atoms with Crippen LogP contribution in [0.5, 0.6) is 0 Å². The maximum atomic E-state index is 11.7. The number of carbonyl (C=O) groups is 3. The Kier molecular flexibility index (Phi) is 4.68. The Morgan fingerprint density at radius 3 is 2.20 bits per heavy atom. The van der Waals surface area contributed by atoms with Crippen LogP contribution >= 0.6 is 0 Å². The van der Waals surface area contributed by atoms with E-state index < -0.39 is 23.4 Å². The monoisotopic (exact) mass is 279 g/mol. The van der Waals surface area contributed by atoms with Crippen molar-refractivity contribution >= 4 is 23.6 Å². The Morgan fingerprint density at radius 1 is 1.20 bits per heavy atom. The summed E-state index contributed by atoms with van der Waals surface area (Å²) in [5.41, 5.74) is 5.09. The molecule has 0 aliphatic carbocycles. The molecule has 0 atom stereocenters. The van der Waals surface area contributed by atoms with Gasteiger partial charge in [-0.3, -0.25) is 9.59 Å². The summed E-state index contributed by atoms with van der Waals surface area (Å²) < 4.78 is 0. The van der Waals surface area contributed by atoms with Gasteiger partial charge in [0.25, 0.3) is 0 Å². The number of primary amides is 1. The van der Waals surface area contributed by atoms with Crippen LogP contribution in [-0.2, 0) is 16.0 Å². The first-order valence-corrected chi connectivity index (χ1v) is 5.90. The Labute approximate surface area is 116 Å². The van der Waals surface area contributed by atoms with Crippen LogP contribution in [0, 0.1) is 0 Å². The van der Waals surface area contributed by atoms with E-state index in [0.717, 1.165) is 0 Å². The van der Waals surface area contributed by atoms with Gasteiger partial charge >= 0.3 is 12.0 Å². The van der Waals surface area contributed by atoms with Crippen molar-refractivity contribution in [3.63, 3.8) is 0 Å². The average molecular weight is 279 g/mol. The molecule has 0 aliphatic rings. The molecule has 108 valence electrons. The number of benzene rings is 1. The standard InChI is InChI=1S/C13H17N3O4/c1-13(2,11(14)19)16-12(20)15-9-5-3-8(4-6-9)7-10(17)18/h3-6H,7H2,1-2H3,(H2,14,19)(H,17,18)(H2,15,16,20). The lowest BCUT2D eigenvalue weighted by Gasteiger charge is -2.22. The molecule has 0 heterocycles. The molecule has 0 radical (unpaired) electrons. The molecule has 0 saturated heterocycles. The lowest BCUT2D eigenvalue weighted by atomic mass is 10.1. The van der Waals surface area contributed by atoms with E-state index in [1.807, 2.05) is 0 Å². The second-order valence-electron chi connectivity index (χ2n) is 4.84. The summed E-state index contributed by atoms with van der Waals surface area (Å²) in [6.45, 7) is 2.98. The molecule has 0 unspecified atom stereocenters.